The molecule has 0 amide bonds. The van der Waals surface area contributed by atoms with E-state index in [9.17, 15) is 4.39 Å². The number of hydrogen-bond acceptors (Lipinski definition) is 2. The molecular weight excluding hydrogens is 247 g/mol. The minimum Gasteiger partial charge on any atom is -0.389 e. The minimum absolute atomic E-state index is 0.107. The van der Waals surface area contributed by atoms with Gasteiger partial charge in [0.2, 0.25) is 0 Å². The fraction of sp³-hybridized carbons (Fsp3) is 0.500. The second kappa shape index (κ2) is 4.19. The van der Waals surface area contributed by atoms with Crippen molar-refractivity contribution < 1.29 is 4.39 Å². The maximum atomic E-state index is 13.7. The standard InChI is InChI=1S/C14H17FN2S/c15-12-7-10(3-4-11(12)13(16)18)17-8-14(5-6-14)9-1-2-9/h3-4,7,9,17H,1-2,5-6,8H2,(H2,16,18). The summed E-state index contributed by atoms with van der Waals surface area (Å²) in [4.78, 5) is 0.107. The molecule has 0 radical (unpaired) electrons. The van der Waals surface area contributed by atoms with E-state index in [0.29, 0.717) is 11.0 Å². The lowest BCUT2D eigenvalue weighted by Gasteiger charge is -2.16. The molecule has 2 aliphatic carbocycles. The fourth-order valence-electron chi connectivity index (χ4n) is 2.69. The van der Waals surface area contributed by atoms with Crippen LogP contribution in [0.1, 0.15) is 31.2 Å². The number of halogens is 1. The molecule has 2 aliphatic rings. The highest BCUT2D eigenvalue weighted by Crippen LogP contribution is 2.61. The number of anilines is 1. The van der Waals surface area contributed by atoms with Crippen molar-refractivity contribution in [2.75, 3.05) is 11.9 Å². The summed E-state index contributed by atoms with van der Waals surface area (Å²) in [5.41, 5.74) is 7.09. The van der Waals surface area contributed by atoms with Gasteiger partial charge < -0.3 is 11.1 Å². The Hall–Kier alpha value is -1.16. The summed E-state index contributed by atoms with van der Waals surface area (Å²) in [5.74, 6) is 0.564. The molecule has 18 heavy (non-hydrogen) atoms. The Morgan fingerprint density at radius 1 is 1.44 bits per heavy atom. The van der Waals surface area contributed by atoms with Crippen molar-refractivity contribution >= 4 is 22.9 Å². The van der Waals surface area contributed by atoms with E-state index in [-0.39, 0.29) is 10.8 Å². The van der Waals surface area contributed by atoms with Crippen LogP contribution in [0.5, 0.6) is 0 Å². The van der Waals surface area contributed by atoms with E-state index < -0.39 is 0 Å². The zero-order chi connectivity index (χ0) is 12.8. The second-order valence-corrected chi connectivity index (χ2v) is 5.99. The highest BCUT2D eigenvalue weighted by Gasteiger charge is 2.53. The van der Waals surface area contributed by atoms with Gasteiger partial charge in [-0.1, -0.05) is 12.2 Å². The van der Waals surface area contributed by atoms with Gasteiger partial charge in [-0.25, -0.2) is 4.39 Å². The predicted molar refractivity (Wildman–Crippen MR) is 75.2 cm³/mol. The summed E-state index contributed by atoms with van der Waals surface area (Å²) in [6, 6.07) is 4.98. The fourth-order valence-corrected chi connectivity index (χ4v) is 2.85. The van der Waals surface area contributed by atoms with Crippen molar-refractivity contribution in [1.29, 1.82) is 0 Å². The van der Waals surface area contributed by atoms with E-state index in [1.165, 1.54) is 31.7 Å². The van der Waals surface area contributed by atoms with Crippen LogP contribution >= 0.6 is 12.2 Å². The molecule has 0 aliphatic heterocycles. The lowest BCUT2D eigenvalue weighted by Crippen LogP contribution is -2.18. The SMILES string of the molecule is NC(=S)c1ccc(NCC2(C3CC3)CC2)cc1F. The van der Waals surface area contributed by atoms with E-state index in [1.54, 1.807) is 6.07 Å². The van der Waals surface area contributed by atoms with Gasteiger partial charge >= 0.3 is 0 Å². The zero-order valence-electron chi connectivity index (χ0n) is 10.2. The molecule has 2 fully saturated rings. The Balaban J connectivity index is 1.66. The Bertz CT molecular complexity index is 493. The monoisotopic (exact) mass is 264 g/mol. The second-order valence-electron chi connectivity index (χ2n) is 5.55. The molecule has 0 saturated heterocycles. The molecule has 0 aromatic heterocycles. The van der Waals surface area contributed by atoms with Crippen molar-refractivity contribution in [1.82, 2.24) is 0 Å². The molecule has 0 atom stereocenters. The third-order valence-corrected chi connectivity index (χ3v) is 4.43. The van der Waals surface area contributed by atoms with Crippen molar-refractivity contribution in [3.63, 3.8) is 0 Å². The molecule has 0 unspecified atom stereocenters. The third-order valence-electron chi connectivity index (χ3n) is 4.21. The van der Waals surface area contributed by atoms with Gasteiger partial charge in [-0.05, 0) is 55.2 Å². The smallest absolute Gasteiger partial charge is 0.135 e. The van der Waals surface area contributed by atoms with E-state index >= 15 is 0 Å². The first-order valence-corrected chi connectivity index (χ1v) is 6.85. The number of rotatable bonds is 5. The van der Waals surface area contributed by atoms with Crippen molar-refractivity contribution in [2.24, 2.45) is 17.1 Å². The normalized spacial score (nSPS) is 20.5. The van der Waals surface area contributed by atoms with Crippen LogP contribution in [0.25, 0.3) is 0 Å². The van der Waals surface area contributed by atoms with Gasteiger partial charge in [-0.2, -0.15) is 0 Å². The molecule has 2 saturated carbocycles. The van der Waals surface area contributed by atoms with Crippen LogP contribution in [0, 0.1) is 17.2 Å². The molecule has 2 nitrogen and oxygen atoms in total. The largest absolute Gasteiger partial charge is 0.389 e. The lowest BCUT2D eigenvalue weighted by molar-refractivity contribution is 0.467. The molecule has 96 valence electrons. The molecule has 3 N–H and O–H groups in total. The average Bonchev–Trinajstić information content (AvgIpc) is 3.17. The molecule has 3 rings (SSSR count). The van der Waals surface area contributed by atoms with Gasteiger partial charge in [0.05, 0.1) is 0 Å². The molecule has 1 aromatic rings. The summed E-state index contributed by atoms with van der Waals surface area (Å²) in [7, 11) is 0. The van der Waals surface area contributed by atoms with Crippen molar-refractivity contribution in [3.8, 4) is 0 Å². The quantitative estimate of drug-likeness (QED) is 0.803. The molecule has 1 aromatic carbocycles. The summed E-state index contributed by atoms with van der Waals surface area (Å²) in [6.07, 6.45) is 5.38. The minimum atomic E-state index is -0.344. The number of nitrogens with two attached hydrogens (primary N) is 1. The van der Waals surface area contributed by atoms with Crippen LogP contribution in [0.2, 0.25) is 0 Å². The van der Waals surface area contributed by atoms with Crippen LogP contribution in [-0.4, -0.2) is 11.5 Å². The number of nitrogens with one attached hydrogen (secondary N) is 1. The predicted octanol–water partition coefficient (Wildman–Crippen LogP) is 3.06. The Kier molecular flexibility index (Phi) is 2.77. The van der Waals surface area contributed by atoms with Crippen molar-refractivity contribution in [2.45, 2.75) is 25.7 Å². The maximum Gasteiger partial charge on any atom is 0.135 e. The maximum absolute atomic E-state index is 13.7. The van der Waals surface area contributed by atoms with Gasteiger partial charge in [0.1, 0.15) is 10.8 Å². The molecule has 0 heterocycles. The highest BCUT2D eigenvalue weighted by atomic mass is 32.1. The summed E-state index contributed by atoms with van der Waals surface area (Å²) in [5, 5.41) is 3.35. The first kappa shape index (κ1) is 11.9. The first-order valence-electron chi connectivity index (χ1n) is 6.44. The zero-order valence-corrected chi connectivity index (χ0v) is 11.0. The van der Waals surface area contributed by atoms with Gasteiger partial charge in [0.15, 0.2) is 0 Å². The van der Waals surface area contributed by atoms with E-state index in [4.69, 9.17) is 18.0 Å². The molecule has 0 spiro atoms. The molecule has 4 heteroatoms. The number of thiocarbonyl (C=S) groups is 1. The van der Waals surface area contributed by atoms with E-state index in [0.717, 1.165) is 18.2 Å². The Morgan fingerprint density at radius 3 is 2.67 bits per heavy atom. The van der Waals surface area contributed by atoms with E-state index in [1.807, 2.05) is 6.07 Å². The van der Waals surface area contributed by atoms with Crippen LogP contribution in [0.3, 0.4) is 0 Å². The van der Waals surface area contributed by atoms with E-state index in [2.05, 4.69) is 5.32 Å². The average molecular weight is 264 g/mol. The van der Waals surface area contributed by atoms with Crippen LogP contribution in [0.15, 0.2) is 18.2 Å². The van der Waals surface area contributed by atoms with Crippen LogP contribution < -0.4 is 11.1 Å². The summed E-state index contributed by atoms with van der Waals surface area (Å²) < 4.78 is 13.7. The summed E-state index contributed by atoms with van der Waals surface area (Å²) in [6.45, 7) is 0.962. The van der Waals surface area contributed by atoms with Gasteiger partial charge in [0, 0.05) is 17.8 Å². The number of hydrogen-bond donors (Lipinski definition) is 2. The Labute approximate surface area is 112 Å². The molecule has 0 bridgehead atoms. The first-order chi connectivity index (χ1) is 8.61. The topological polar surface area (TPSA) is 38.0 Å². The van der Waals surface area contributed by atoms with Gasteiger partial charge in [-0.15, -0.1) is 0 Å². The summed E-state index contributed by atoms with van der Waals surface area (Å²) >= 11 is 4.79. The Morgan fingerprint density at radius 2 is 2.17 bits per heavy atom. The van der Waals surface area contributed by atoms with Gasteiger partial charge in [-0.3, -0.25) is 0 Å². The van der Waals surface area contributed by atoms with Crippen molar-refractivity contribution in [3.05, 3.63) is 29.6 Å². The highest BCUT2D eigenvalue weighted by molar-refractivity contribution is 7.80. The van der Waals surface area contributed by atoms with Gasteiger partial charge in [0.25, 0.3) is 0 Å². The number of benzene rings is 1. The van der Waals surface area contributed by atoms with Crippen LogP contribution in [-0.2, 0) is 0 Å². The molecular formula is C14H17FN2S. The lowest BCUT2D eigenvalue weighted by atomic mass is 10.0. The van der Waals surface area contributed by atoms with Crippen LogP contribution in [0.4, 0.5) is 10.1 Å². The third kappa shape index (κ3) is 2.21.